The molecule has 1 aliphatic rings. The summed E-state index contributed by atoms with van der Waals surface area (Å²) in [6.07, 6.45) is 5.19. The van der Waals surface area contributed by atoms with E-state index in [0.717, 1.165) is 17.2 Å². The van der Waals surface area contributed by atoms with E-state index in [-0.39, 0.29) is 5.91 Å². The van der Waals surface area contributed by atoms with Gasteiger partial charge in [0.1, 0.15) is 0 Å². The lowest BCUT2D eigenvalue weighted by atomic mass is 9.78. The van der Waals surface area contributed by atoms with Crippen molar-refractivity contribution in [3.05, 3.63) is 29.8 Å². The number of benzene rings is 1. The maximum Gasteiger partial charge on any atom is 0.251 e. The van der Waals surface area contributed by atoms with Gasteiger partial charge in [-0.2, -0.15) is 0 Å². The van der Waals surface area contributed by atoms with Gasteiger partial charge in [-0.25, -0.2) is 0 Å². The molecule has 116 valence electrons. The molecule has 1 amide bonds. The van der Waals surface area contributed by atoms with Crippen molar-refractivity contribution in [1.82, 2.24) is 5.32 Å². The number of hydrogen-bond acceptors (Lipinski definition) is 2. The lowest BCUT2D eigenvalue weighted by molar-refractivity contribution is 0.0956. The second-order valence-corrected chi connectivity index (χ2v) is 6.38. The van der Waals surface area contributed by atoms with Gasteiger partial charge >= 0.3 is 0 Å². The van der Waals surface area contributed by atoms with Crippen molar-refractivity contribution in [2.75, 3.05) is 11.9 Å². The van der Waals surface area contributed by atoms with E-state index in [9.17, 15) is 4.79 Å². The molecule has 1 aliphatic carbocycles. The minimum Gasteiger partial charge on any atom is -0.382 e. The Balaban J connectivity index is 2.07. The molecule has 21 heavy (non-hydrogen) atoms. The maximum absolute atomic E-state index is 11.9. The van der Waals surface area contributed by atoms with Crippen LogP contribution in [0.15, 0.2) is 24.3 Å². The van der Waals surface area contributed by atoms with Gasteiger partial charge in [0.05, 0.1) is 0 Å². The van der Waals surface area contributed by atoms with Crippen LogP contribution in [0.2, 0.25) is 0 Å². The predicted octanol–water partition coefficient (Wildman–Crippen LogP) is 4.06. The number of hydrogen-bond donors (Lipinski definition) is 2. The topological polar surface area (TPSA) is 41.1 Å². The summed E-state index contributed by atoms with van der Waals surface area (Å²) in [6, 6.07) is 8.39. The van der Waals surface area contributed by atoms with Crippen LogP contribution in [0.4, 0.5) is 5.69 Å². The Morgan fingerprint density at radius 3 is 2.76 bits per heavy atom. The highest BCUT2D eigenvalue weighted by Crippen LogP contribution is 2.32. The largest absolute Gasteiger partial charge is 0.382 e. The Morgan fingerprint density at radius 2 is 2.05 bits per heavy atom. The van der Waals surface area contributed by atoms with Gasteiger partial charge in [0.15, 0.2) is 0 Å². The van der Waals surface area contributed by atoms with Crippen LogP contribution < -0.4 is 10.6 Å². The van der Waals surface area contributed by atoms with Crippen LogP contribution in [0.5, 0.6) is 0 Å². The van der Waals surface area contributed by atoms with E-state index in [0.29, 0.717) is 18.5 Å². The molecule has 2 unspecified atom stereocenters. The van der Waals surface area contributed by atoms with Crippen molar-refractivity contribution in [3.63, 3.8) is 0 Å². The summed E-state index contributed by atoms with van der Waals surface area (Å²) in [5, 5.41) is 6.52. The normalized spacial score (nSPS) is 22.1. The quantitative estimate of drug-likeness (QED) is 0.857. The second-order valence-electron chi connectivity index (χ2n) is 6.38. The molecule has 1 aromatic rings. The molecule has 0 spiro atoms. The standard InChI is InChI=1S/C18H28N2O/c1-4-19-18(21)14-8-7-9-15(12-14)20-17-11-6-5-10-16(17)13(2)3/h7-9,12-13,16-17,20H,4-6,10-11H2,1-3H3,(H,19,21). The molecule has 1 fully saturated rings. The minimum atomic E-state index is 0.00482. The molecule has 1 aromatic carbocycles. The smallest absolute Gasteiger partial charge is 0.251 e. The summed E-state index contributed by atoms with van der Waals surface area (Å²) in [5.74, 6) is 1.44. The van der Waals surface area contributed by atoms with E-state index in [1.54, 1.807) is 0 Å². The van der Waals surface area contributed by atoms with E-state index in [1.807, 2.05) is 25.1 Å². The van der Waals surface area contributed by atoms with Gasteiger partial charge in [-0.15, -0.1) is 0 Å². The van der Waals surface area contributed by atoms with Gasteiger partial charge in [-0.1, -0.05) is 32.8 Å². The number of amides is 1. The molecular weight excluding hydrogens is 260 g/mol. The number of carbonyl (C=O) groups is 1. The highest BCUT2D eigenvalue weighted by Gasteiger charge is 2.27. The number of nitrogens with one attached hydrogen (secondary N) is 2. The third kappa shape index (κ3) is 4.23. The Kier molecular flexibility index (Phi) is 5.66. The molecule has 3 heteroatoms. The van der Waals surface area contributed by atoms with Crippen molar-refractivity contribution in [2.45, 2.75) is 52.5 Å². The van der Waals surface area contributed by atoms with E-state index in [4.69, 9.17) is 0 Å². The van der Waals surface area contributed by atoms with Crippen LogP contribution in [0.1, 0.15) is 56.8 Å². The fourth-order valence-electron chi connectivity index (χ4n) is 3.36. The molecule has 0 heterocycles. The number of carbonyl (C=O) groups excluding carboxylic acids is 1. The van der Waals surface area contributed by atoms with Gasteiger partial charge in [0, 0.05) is 23.8 Å². The van der Waals surface area contributed by atoms with Crippen LogP contribution in [-0.4, -0.2) is 18.5 Å². The Labute approximate surface area is 128 Å². The first kappa shape index (κ1) is 15.9. The lowest BCUT2D eigenvalue weighted by Gasteiger charge is -2.35. The Morgan fingerprint density at radius 1 is 1.29 bits per heavy atom. The average molecular weight is 288 g/mol. The molecule has 0 aliphatic heterocycles. The van der Waals surface area contributed by atoms with Crippen LogP contribution in [0, 0.1) is 11.8 Å². The molecule has 2 N–H and O–H groups in total. The molecular formula is C18H28N2O. The van der Waals surface area contributed by atoms with E-state index in [1.165, 1.54) is 25.7 Å². The zero-order chi connectivity index (χ0) is 15.2. The van der Waals surface area contributed by atoms with Crippen LogP contribution in [-0.2, 0) is 0 Å². The molecule has 1 saturated carbocycles. The Hall–Kier alpha value is -1.51. The molecule has 0 aromatic heterocycles. The van der Waals surface area contributed by atoms with Crippen molar-refractivity contribution in [2.24, 2.45) is 11.8 Å². The highest BCUT2D eigenvalue weighted by atomic mass is 16.1. The second kappa shape index (κ2) is 7.48. The summed E-state index contributed by atoms with van der Waals surface area (Å²) in [6.45, 7) is 7.23. The first-order valence-corrected chi connectivity index (χ1v) is 8.26. The molecule has 0 radical (unpaired) electrons. The first-order valence-electron chi connectivity index (χ1n) is 8.26. The predicted molar refractivity (Wildman–Crippen MR) is 88.7 cm³/mol. The van der Waals surface area contributed by atoms with Gasteiger partial charge in [0.25, 0.3) is 5.91 Å². The lowest BCUT2D eigenvalue weighted by Crippen LogP contribution is -2.35. The third-order valence-electron chi connectivity index (χ3n) is 4.49. The zero-order valence-electron chi connectivity index (χ0n) is 13.5. The monoisotopic (exact) mass is 288 g/mol. The summed E-state index contributed by atoms with van der Waals surface area (Å²) in [4.78, 5) is 11.9. The SMILES string of the molecule is CCNC(=O)c1cccc(NC2CCCCC2C(C)C)c1. The van der Waals surface area contributed by atoms with Gasteiger partial charge in [-0.05, 0) is 49.8 Å². The van der Waals surface area contributed by atoms with Crippen molar-refractivity contribution < 1.29 is 4.79 Å². The van der Waals surface area contributed by atoms with Gasteiger partial charge in [-0.3, -0.25) is 4.79 Å². The van der Waals surface area contributed by atoms with Crippen molar-refractivity contribution in [3.8, 4) is 0 Å². The summed E-state index contributed by atoms with van der Waals surface area (Å²) in [7, 11) is 0. The first-order chi connectivity index (χ1) is 10.1. The number of rotatable bonds is 5. The van der Waals surface area contributed by atoms with Crippen molar-refractivity contribution >= 4 is 11.6 Å². The molecule has 0 bridgehead atoms. The van der Waals surface area contributed by atoms with Crippen LogP contribution in [0.3, 0.4) is 0 Å². The minimum absolute atomic E-state index is 0.00482. The van der Waals surface area contributed by atoms with Gasteiger partial charge < -0.3 is 10.6 Å². The zero-order valence-corrected chi connectivity index (χ0v) is 13.5. The molecule has 0 saturated heterocycles. The maximum atomic E-state index is 11.9. The summed E-state index contributed by atoms with van der Waals surface area (Å²) >= 11 is 0. The molecule has 2 rings (SSSR count). The summed E-state index contributed by atoms with van der Waals surface area (Å²) < 4.78 is 0. The Bertz CT molecular complexity index is 470. The average Bonchev–Trinajstić information content (AvgIpc) is 2.48. The van der Waals surface area contributed by atoms with E-state index < -0.39 is 0 Å². The highest BCUT2D eigenvalue weighted by molar-refractivity contribution is 5.95. The van der Waals surface area contributed by atoms with Crippen LogP contribution in [0.25, 0.3) is 0 Å². The van der Waals surface area contributed by atoms with Crippen LogP contribution >= 0.6 is 0 Å². The number of anilines is 1. The van der Waals surface area contributed by atoms with Gasteiger partial charge in [0.2, 0.25) is 0 Å². The fraction of sp³-hybridized carbons (Fsp3) is 0.611. The third-order valence-corrected chi connectivity index (χ3v) is 4.49. The molecule has 3 nitrogen and oxygen atoms in total. The van der Waals surface area contributed by atoms with E-state index in [2.05, 4.69) is 30.5 Å². The molecule has 2 atom stereocenters. The van der Waals surface area contributed by atoms with Crippen molar-refractivity contribution in [1.29, 1.82) is 0 Å². The fourth-order valence-corrected chi connectivity index (χ4v) is 3.36. The summed E-state index contributed by atoms with van der Waals surface area (Å²) in [5.41, 5.74) is 1.80. The van der Waals surface area contributed by atoms with E-state index >= 15 is 0 Å².